The van der Waals surface area contributed by atoms with Gasteiger partial charge in [0.1, 0.15) is 11.0 Å². The number of anilines is 1. The third kappa shape index (κ3) is 2.69. The number of hydrogen-bond donors (Lipinski definition) is 1. The van der Waals surface area contributed by atoms with E-state index in [0.29, 0.717) is 5.02 Å². The van der Waals surface area contributed by atoms with Crippen molar-refractivity contribution in [3.05, 3.63) is 53.1 Å². The topological polar surface area (TPSA) is 37.8 Å². The smallest absolute Gasteiger partial charge is 0.129 e. The lowest BCUT2D eigenvalue weighted by atomic mass is 10.1. The Labute approximate surface area is 120 Å². The minimum Gasteiger partial charge on any atom is -0.382 e. The lowest BCUT2D eigenvalue weighted by Crippen LogP contribution is -2.05. The van der Waals surface area contributed by atoms with Gasteiger partial charge in [0, 0.05) is 6.54 Å². The molecule has 0 saturated heterocycles. The number of nitrogens with zero attached hydrogens (tertiary/aromatic N) is 2. The number of fused-ring (bicyclic) bond motifs is 1. The molecule has 0 saturated carbocycles. The maximum absolute atomic E-state index is 6.22. The van der Waals surface area contributed by atoms with Crippen molar-refractivity contribution < 1.29 is 0 Å². The Morgan fingerprint density at radius 2 is 1.89 bits per heavy atom. The molecule has 0 radical (unpaired) electrons. The van der Waals surface area contributed by atoms with Gasteiger partial charge in [-0.15, -0.1) is 0 Å². The summed E-state index contributed by atoms with van der Waals surface area (Å²) in [7, 11) is 0. The molecule has 3 aromatic rings. The molecule has 96 valence electrons. The normalized spacial score (nSPS) is 10.8. The van der Waals surface area contributed by atoms with E-state index in [4.69, 9.17) is 11.6 Å². The number of rotatable bonds is 4. The highest BCUT2D eigenvalue weighted by molar-refractivity contribution is 7.00. The number of aromatic nitrogens is 2. The van der Waals surface area contributed by atoms with E-state index < -0.39 is 0 Å². The zero-order chi connectivity index (χ0) is 13.1. The van der Waals surface area contributed by atoms with Gasteiger partial charge in [-0.3, -0.25) is 0 Å². The van der Waals surface area contributed by atoms with Crippen LogP contribution < -0.4 is 5.32 Å². The maximum Gasteiger partial charge on any atom is 0.129 e. The van der Waals surface area contributed by atoms with Crippen LogP contribution in [0.1, 0.15) is 5.56 Å². The van der Waals surface area contributed by atoms with Crippen molar-refractivity contribution >= 4 is 40.0 Å². The minimum atomic E-state index is 0.688. The van der Waals surface area contributed by atoms with E-state index in [1.165, 1.54) is 17.3 Å². The first-order valence-corrected chi connectivity index (χ1v) is 7.14. The first kappa shape index (κ1) is 12.4. The van der Waals surface area contributed by atoms with Crippen LogP contribution in [0.25, 0.3) is 11.0 Å². The Bertz CT molecular complexity index is 681. The van der Waals surface area contributed by atoms with E-state index in [2.05, 4.69) is 26.2 Å². The summed E-state index contributed by atoms with van der Waals surface area (Å²) in [6.45, 7) is 0.820. The maximum atomic E-state index is 6.22. The van der Waals surface area contributed by atoms with Crippen molar-refractivity contribution in [3.8, 4) is 0 Å². The van der Waals surface area contributed by atoms with Crippen molar-refractivity contribution in [2.75, 3.05) is 11.9 Å². The van der Waals surface area contributed by atoms with Gasteiger partial charge in [0.2, 0.25) is 0 Å². The minimum absolute atomic E-state index is 0.688. The van der Waals surface area contributed by atoms with Gasteiger partial charge in [-0.05, 0) is 24.1 Å². The van der Waals surface area contributed by atoms with E-state index in [9.17, 15) is 0 Å². The summed E-state index contributed by atoms with van der Waals surface area (Å²) in [4.78, 5) is 0. The van der Waals surface area contributed by atoms with Gasteiger partial charge in [-0.2, -0.15) is 8.75 Å². The largest absolute Gasteiger partial charge is 0.382 e. The Hall–Kier alpha value is -1.65. The molecule has 1 heterocycles. The van der Waals surface area contributed by atoms with Crippen LogP contribution in [0.15, 0.2) is 42.5 Å². The lowest BCUT2D eigenvalue weighted by Gasteiger charge is -2.08. The van der Waals surface area contributed by atoms with Crippen LogP contribution in [-0.2, 0) is 6.42 Å². The van der Waals surface area contributed by atoms with Gasteiger partial charge < -0.3 is 5.32 Å². The van der Waals surface area contributed by atoms with E-state index >= 15 is 0 Å². The van der Waals surface area contributed by atoms with Crippen molar-refractivity contribution in [3.63, 3.8) is 0 Å². The van der Waals surface area contributed by atoms with Crippen LogP contribution in [0.4, 0.5) is 5.69 Å². The SMILES string of the molecule is Clc1ccc2nsnc2c1NCCc1ccccc1. The molecule has 0 fully saturated rings. The Morgan fingerprint density at radius 3 is 2.74 bits per heavy atom. The fourth-order valence-corrected chi connectivity index (χ4v) is 2.73. The molecule has 0 amide bonds. The van der Waals surface area contributed by atoms with Crippen LogP contribution in [0.3, 0.4) is 0 Å². The quantitative estimate of drug-likeness (QED) is 0.789. The molecular weight excluding hydrogens is 278 g/mol. The summed E-state index contributed by atoms with van der Waals surface area (Å²) in [5.74, 6) is 0. The number of benzene rings is 2. The highest BCUT2D eigenvalue weighted by Gasteiger charge is 2.09. The van der Waals surface area contributed by atoms with Crippen LogP contribution in [0, 0.1) is 0 Å². The molecule has 1 N–H and O–H groups in total. The lowest BCUT2D eigenvalue weighted by molar-refractivity contribution is 1.02. The summed E-state index contributed by atoms with van der Waals surface area (Å²) >= 11 is 7.42. The van der Waals surface area contributed by atoms with Crippen molar-refractivity contribution in [1.29, 1.82) is 0 Å². The van der Waals surface area contributed by atoms with Crippen LogP contribution in [-0.4, -0.2) is 15.3 Å². The molecule has 0 aliphatic heterocycles. The van der Waals surface area contributed by atoms with Crippen LogP contribution >= 0.6 is 23.3 Å². The Balaban J connectivity index is 1.75. The summed E-state index contributed by atoms with van der Waals surface area (Å²) in [5.41, 5.74) is 3.92. The van der Waals surface area contributed by atoms with Crippen molar-refractivity contribution in [2.24, 2.45) is 0 Å². The van der Waals surface area contributed by atoms with E-state index in [-0.39, 0.29) is 0 Å². The van der Waals surface area contributed by atoms with Crippen molar-refractivity contribution in [2.45, 2.75) is 6.42 Å². The van der Waals surface area contributed by atoms with Gasteiger partial charge in [-0.1, -0.05) is 41.9 Å². The standard InChI is InChI=1S/C14H12ClN3S/c15-11-6-7-12-14(18-19-17-12)13(11)16-9-8-10-4-2-1-3-5-10/h1-7,16H,8-9H2. The Kier molecular flexibility index (Phi) is 3.62. The molecule has 5 heteroatoms. The molecular formula is C14H12ClN3S. The average molecular weight is 290 g/mol. The molecule has 3 nitrogen and oxygen atoms in total. The molecule has 0 aliphatic carbocycles. The highest BCUT2D eigenvalue weighted by Crippen LogP contribution is 2.29. The summed E-state index contributed by atoms with van der Waals surface area (Å²) in [6.07, 6.45) is 0.950. The van der Waals surface area contributed by atoms with Crippen LogP contribution in [0.5, 0.6) is 0 Å². The second-order valence-electron chi connectivity index (χ2n) is 4.22. The third-order valence-corrected chi connectivity index (χ3v) is 3.79. The number of nitrogens with one attached hydrogen (secondary N) is 1. The summed E-state index contributed by atoms with van der Waals surface area (Å²) < 4.78 is 8.51. The fourth-order valence-electron chi connectivity index (χ4n) is 1.97. The molecule has 0 unspecified atom stereocenters. The van der Waals surface area contributed by atoms with Gasteiger partial charge >= 0.3 is 0 Å². The Morgan fingerprint density at radius 1 is 1.05 bits per heavy atom. The van der Waals surface area contributed by atoms with E-state index in [1.54, 1.807) is 0 Å². The van der Waals surface area contributed by atoms with Crippen molar-refractivity contribution in [1.82, 2.24) is 8.75 Å². The zero-order valence-electron chi connectivity index (χ0n) is 10.1. The first-order valence-electron chi connectivity index (χ1n) is 6.03. The molecule has 0 bridgehead atoms. The molecule has 0 atom stereocenters. The van der Waals surface area contributed by atoms with Gasteiger partial charge in [0.25, 0.3) is 0 Å². The summed E-state index contributed by atoms with van der Waals surface area (Å²) in [6, 6.07) is 14.1. The number of hydrogen-bond acceptors (Lipinski definition) is 4. The number of halogens is 1. The monoisotopic (exact) mass is 289 g/mol. The van der Waals surface area contributed by atoms with E-state index in [1.807, 2.05) is 30.3 Å². The predicted molar refractivity (Wildman–Crippen MR) is 81.1 cm³/mol. The fraction of sp³-hybridized carbons (Fsp3) is 0.143. The molecule has 0 spiro atoms. The molecule has 19 heavy (non-hydrogen) atoms. The average Bonchev–Trinajstić information content (AvgIpc) is 2.91. The third-order valence-electron chi connectivity index (χ3n) is 2.94. The predicted octanol–water partition coefficient (Wildman–Crippen LogP) is 4.00. The molecule has 1 aromatic heterocycles. The van der Waals surface area contributed by atoms with Gasteiger partial charge in [0.15, 0.2) is 0 Å². The highest BCUT2D eigenvalue weighted by atomic mass is 35.5. The van der Waals surface area contributed by atoms with Gasteiger partial charge in [0.05, 0.1) is 22.4 Å². The first-order chi connectivity index (χ1) is 9.34. The molecule has 3 rings (SSSR count). The second-order valence-corrected chi connectivity index (χ2v) is 5.15. The van der Waals surface area contributed by atoms with E-state index in [0.717, 1.165) is 29.7 Å². The molecule has 0 aliphatic rings. The van der Waals surface area contributed by atoms with Crippen LogP contribution in [0.2, 0.25) is 5.02 Å². The van der Waals surface area contributed by atoms with Gasteiger partial charge in [-0.25, -0.2) is 0 Å². The zero-order valence-corrected chi connectivity index (χ0v) is 11.7. The summed E-state index contributed by atoms with van der Waals surface area (Å²) in [5, 5.41) is 4.05. The molecule has 2 aromatic carbocycles. The second kappa shape index (κ2) is 5.55.